The summed E-state index contributed by atoms with van der Waals surface area (Å²) in [5.41, 5.74) is 5.51. The predicted octanol–water partition coefficient (Wildman–Crippen LogP) is 1.85. The first-order valence-electron chi connectivity index (χ1n) is 5.57. The van der Waals surface area contributed by atoms with E-state index in [0.29, 0.717) is 12.5 Å². The van der Waals surface area contributed by atoms with Crippen LogP contribution in [0.15, 0.2) is 18.2 Å². The summed E-state index contributed by atoms with van der Waals surface area (Å²) in [6.07, 6.45) is 2.15. The molecular weight excluding hydrogens is 262 g/mol. The van der Waals surface area contributed by atoms with Gasteiger partial charge in [0.05, 0.1) is 5.56 Å². The van der Waals surface area contributed by atoms with Crippen molar-refractivity contribution < 1.29 is 13.6 Å². The topological polar surface area (TPSA) is 55.1 Å². The largest absolute Gasteiger partial charge is 0.350 e. The second-order valence-electron chi connectivity index (χ2n) is 4.31. The molecule has 1 fully saturated rings. The van der Waals surface area contributed by atoms with Crippen molar-refractivity contribution >= 4 is 18.3 Å². The summed E-state index contributed by atoms with van der Waals surface area (Å²) in [6, 6.07) is 3.42. The van der Waals surface area contributed by atoms with E-state index in [1.165, 1.54) is 12.1 Å². The van der Waals surface area contributed by atoms with Gasteiger partial charge >= 0.3 is 0 Å². The fourth-order valence-corrected chi connectivity index (χ4v) is 1.68. The summed E-state index contributed by atoms with van der Waals surface area (Å²) in [5.74, 6) is -2.32. The molecule has 1 aliphatic rings. The predicted molar refractivity (Wildman–Crippen MR) is 66.6 cm³/mol. The van der Waals surface area contributed by atoms with Crippen molar-refractivity contribution in [1.29, 1.82) is 0 Å². The third-order valence-corrected chi connectivity index (χ3v) is 2.92. The fraction of sp³-hybridized carbons (Fsp3) is 0.417. The SMILES string of the molecule is Cl.NC(CNC(=O)c1cccc(F)c1F)C1CC1. The molecule has 1 atom stereocenters. The number of nitrogens with two attached hydrogens (primary N) is 1. The molecule has 2 rings (SSSR count). The maximum atomic E-state index is 13.3. The second-order valence-corrected chi connectivity index (χ2v) is 4.31. The number of halogens is 3. The molecule has 18 heavy (non-hydrogen) atoms. The first-order valence-corrected chi connectivity index (χ1v) is 5.57. The molecule has 3 nitrogen and oxygen atoms in total. The summed E-state index contributed by atoms with van der Waals surface area (Å²) in [6.45, 7) is 0.291. The van der Waals surface area contributed by atoms with Crippen LogP contribution in [0.2, 0.25) is 0 Å². The van der Waals surface area contributed by atoms with Crippen LogP contribution >= 0.6 is 12.4 Å². The van der Waals surface area contributed by atoms with Gasteiger partial charge in [-0.05, 0) is 30.9 Å². The molecule has 1 amide bonds. The Balaban J connectivity index is 0.00000162. The lowest BCUT2D eigenvalue weighted by molar-refractivity contribution is 0.0945. The molecular formula is C12H15ClF2N2O. The van der Waals surface area contributed by atoms with Gasteiger partial charge in [-0.25, -0.2) is 8.78 Å². The molecule has 100 valence electrons. The highest BCUT2D eigenvalue weighted by Crippen LogP contribution is 2.31. The third-order valence-electron chi connectivity index (χ3n) is 2.92. The number of rotatable bonds is 4. The summed E-state index contributed by atoms with van der Waals surface area (Å²) in [4.78, 5) is 11.6. The van der Waals surface area contributed by atoms with Crippen LogP contribution < -0.4 is 11.1 Å². The third kappa shape index (κ3) is 3.40. The molecule has 6 heteroatoms. The van der Waals surface area contributed by atoms with E-state index in [1.807, 2.05) is 0 Å². The standard InChI is InChI=1S/C12H14F2N2O.ClH/c13-9-3-1-2-8(11(9)14)12(17)16-6-10(15)7-4-5-7;/h1-3,7,10H,4-6,15H2,(H,16,17);1H. The van der Waals surface area contributed by atoms with Gasteiger partial charge in [-0.1, -0.05) is 6.07 Å². The fourth-order valence-electron chi connectivity index (χ4n) is 1.68. The normalized spacial score (nSPS) is 15.7. The molecule has 1 aliphatic carbocycles. The lowest BCUT2D eigenvalue weighted by Crippen LogP contribution is -2.38. The van der Waals surface area contributed by atoms with Gasteiger partial charge < -0.3 is 11.1 Å². The average molecular weight is 277 g/mol. The zero-order chi connectivity index (χ0) is 12.4. The van der Waals surface area contributed by atoms with Crippen molar-refractivity contribution in [1.82, 2.24) is 5.32 Å². The Kier molecular flexibility index (Phi) is 5.04. The number of nitrogens with one attached hydrogen (secondary N) is 1. The van der Waals surface area contributed by atoms with E-state index < -0.39 is 17.5 Å². The molecule has 0 spiro atoms. The Hall–Kier alpha value is -1.20. The molecule has 0 saturated heterocycles. The van der Waals surface area contributed by atoms with Crippen molar-refractivity contribution in [2.24, 2.45) is 11.7 Å². The Labute approximate surface area is 110 Å². The van der Waals surface area contributed by atoms with Gasteiger partial charge in [-0.15, -0.1) is 12.4 Å². The molecule has 1 aromatic carbocycles. The minimum atomic E-state index is -1.12. The number of carbonyl (C=O) groups is 1. The zero-order valence-electron chi connectivity index (χ0n) is 9.66. The average Bonchev–Trinajstić information content (AvgIpc) is 3.13. The van der Waals surface area contributed by atoms with Crippen molar-refractivity contribution in [2.75, 3.05) is 6.54 Å². The van der Waals surface area contributed by atoms with Crippen LogP contribution in [0.1, 0.15) is 23.2 Å². The van der Waals surface area contributed by atoms with Crippen LogP contribution in [0.4, 0.5) is 8.78 Å². The first-order chi connectivity index (χ1) is 8.09. The highest BCUT2D eigenvalue weighted by molar-refractivity contribution is 5.94. The van der Waals surface area contributed by atoms with E-state index in [0.717, 1.165) is 18.9 Å². The molecule has 1 unspecified atom stereocenters. The van der Waals surface area contributed by atoms with Crippen LogP contribution in [0, 0.1) is 17.6 Å². The molecule has 1 aromatic rings. The van der Waals surface area contributed by atoms with E-state index in [1.54, 1.807) is 0 Å². The number of carbonyl (C=O) groups excluding carboxylic acids is 1. The molecule has 0 radical (unpaired) electrons. The van der Waals surface area contributed by atoms with Crippen LogP contribution in [-0.4, -0.2) is 18.5 Å². The molecule has 0 aliphatic heterocycles. The summed E-state index contributed by atoms with van der Waals surface area (Å²) < 4.78 is 26.2. The highest BCUT2D eigenvalue weighted by atomic mass is 35.5. The first kappa shape index (κ1) is 14.9. The van der Waals surface area contributed by atoms with Gasteiger partial charge in [-0.3, -0.25) is 4.79 Å². The van der Waals surface area contributed by atoms with Gasteiger partial charge in [-0.2, -0.15) is 0 Å². The Morgan fingerprint density at radius 3 is 2.72 bits per heavy atom. The van der Waals surface area contributed by atoms with E-state index in [-0.39, 0.29) is 24.0 Å². The monoisotopic (exact) mass is 276 g/mol. The molecule has 1 saturated carbocycles. The summed E-state index contributed by atoms with van der Waals surface area (Å²) >= 11 is 0. The number of benzene rings is 1. The van der Waals surface area contributed by atoms with Crippen molar-refractivity contribution in [3.63, 3.8) is 0 Å². The van der Waals surface area contributed by atoms with Crippen LogP contribution in [0.5, 0.6) is 0 Å². The minimum absolute atomic E-state index is 0. The highest BCUT2D eigenvalue weighted by Gasteiger charge is 2.28. The van der Waals surface area contributed by atoms with Gasteiger partial charge in [0.25, 0.3) is 5.91 Å². The second kappa shape index (κ2) is 6.11. The molecule has 3 N–H and O–H groups in total. The van der Waals surface area contributed by atoms with Gasteiger partial charge in [0.15, 0.2) is 11.6 Å². The van der Waals surface area contributed by atoms with Gasteiger partial charge in [0.2, 0.25) is 0 Å². The Morgan fingerprint density at radius 2 is 2.11 bits per heavy atom. The van der Waals surface area contributed by atoms with Crippen LogP contribution in [0.25, 0.3) is 0 Å². The molecule has 0 bridgehead atoms. The molecule has 0 heterocycles. The van der Waals surface area contributed by atoms with Crippen molar-refractivity contribution in [2.45, 2.75) is 18.9 Å². The van der Waals surface area contributed by atoms with E-state index in [2.05, 4.69) is 5.32 Å². The van der Waals surface area contributed by atoms with Crippen molar-refractivity contribution in [3.8, 4) is 0 Å². The minimum Gasteiger partial charge on any atom is -0.350 e. The smallest absolute Gasteiger partial charge is 0.254 e. The lowest BCUT2D eigenvalue weighted by atomic mass is 10.1. The Morgan fingerprint density at radius 1 is 1.44 bits per heavy atom. The van der Waals surface area contributed by atoms with Crippen LogP contribution in [-0.2, 0) is 0 Å². The van der Waals surface area contributed by atoms with E-state index in [9.17, 15) is 13.6 Å². The van der Waals surface area contributed by atoms with Crippen molar-refractivity contribution in [3.05, 3.63) is 35.4 Å². The summed E-state index contributed by atoms with van der Waals surface area (Å²) in [5, 5.41) is 2.52. The maximum absolute atomic E-state index is 13.3. The molecule has 0 aromatic heterocycles. The zero-order valence-corrected chi connectivity index (χ0v) is 10.5. The number of hydrogen-bond acceptors (Lipinski definition) is 2. The summed E-state index contributed by atoms with van der Waals surface area (Å²) in [7, 11) is 0. The van der Waals surface area contributed by atoms with E-state index >= 15 is 0 Å². The van der Waals surface area contributed by atoms with E-state index in [4.69, 9.17) is 5.73 Å². The lowest BCUT2D eigenvalue weighted by Gasteiger charge is -2.11. The Bertz CT molecular complexity index is 438. The quantitative estimate of drug-likeness (QED) is 0.882. The maximum Gasteiger partial charge on any atom is 0.254 e. The number of hydrogen-bond donors (Lipinski definition) is 2. The van der Waals surface area contributed by atoms with Gasteiger partial charge in [0, 0.05) is 12.6 Å². The number of amides is 1. The van der Waals surface area contributed by atoms with Crippen LogP contribution in [0.3, 0.4) is 0 Å². The van der Waals surface area contributed by atoms with Gasteiger partial charge in [0.1, 0.15) is 0 Å².